The average Bonchev–Trinajstić information content (AvgIpc) is 2.45. The molecule has 0 amide bonds. The molecule has 0 spiro atoms. The Bertz CT molecular complexity index is 575. The SMILES string of the molecule is CC(c1ccccc1)C(C#N)Nc1cccc(Cl)c1. The largest absolute Gasteiger partial charge is 0.369 e. The Labute approximate surface area is 118 Å². The van der Waals surface area contributed by atoms with Crippen molar-refractivity contribution >= 4 is 17.3 Å². The Hall–Kier alpha value is -1.98. The maximum atomic E-state index is 9.34. The van der Waals surface area contributed by atoms with Crippen LogP contribution < -0.4 is 5.32 Å². The molecule has 0 aliphatic heterocycles. The molecule has 0 heterocycles. The summed E-state index contributed by atoms with van der Waals surface area (Å²) in [6.07, 6.45) is 0. The van der Waals surface area contributed by atoms with Gasteiger partial charge in [0.05, 0.1) is 6.07 Å². The highest BCUT2D eigenvalue weighted by molar-refractivity contribution is 6.30. The molecule has 96 valence electrons. The van der Waals surface area contributed by atoms with Gasteiger partial charge in [-0.25, -0.2) is 0 Å². The third-order valence-corrected chi connectivity index (χ3v) is 3.35. The molecular weight excluding hydrogens is 256 g/mol. The molecule has 0 fully saturated rings. The number of rotatable bonds is 4. The predicted molar refractivity (Wildman–Crippen MR) is 79.3 cm³/mol. The van der Waals surface area contributed by atoms with Crippen molar-refractivity contribution < 1.29 is 0 Å². The van der Waals surface area contributed by atoms with Crippen LogP contribution in [0.3, 0.4) is 0 Å². The topological polar surface area (TPSA) is 35.8 Å². The molecule has 2 unspecified atom stereocenters. The molecule has 0 saturated carbocycles. The summed E-state index contributed by atoms with van der Waals surface area (Å²) < 4.78 is 0. The number of anilines is 1. The number of nitrogens with one attached hydrogen (secondary N) is 1. The van der Waals surface area contributed by atoms with E-state index in [1.807, 2.05) is 61.5 Å². The third kappa shape index (κ3) is 3.49. The van der Waals surface area contributed by atoms with Crippen molar-refractivity contribution in [2.75, 3.05) is 5.32 Å². The molecule has 0 aliphatic rings. The first-order chi connectivity index (χ1) is 9.20. The lowest BCUT2D eigenvalue weighted by Crippen LogP contribution is -2.24. The molecule has 0 aromatic heterocycles. The first-order valence-electron chi connectivity index (χ1n) is 6.17. The van der Waals surface area contributed by atoms with E-state index in [0.29, 0.717) is 5.02 Å². The molecule has 0 saturated heterocycles. The van der Waals surface area contributed by atoms with E-state index in [-0.39, 0.29) is 12.0 Å². The first kappa shape index (κ1) is 13.5. The van der Waals surface area contributed by atoms with Crippen molar-refractivity contribution in [1.82, 2.24) is 0 Å². The molecule has 3 heteroatoms. The zero-order valence-corrected chi connectivity index (χ0v) is 11.4. The Morgan fingerprint density at radius 3 is 2.47 bits per heavy atom. The van der Waals surface area contributed by atoms with E-state index >= 15 is 0 Å². The van der Waals surface area contributed by atoms with Crippen LogP contribution in [-0.2, 0) is 0 Å². The standard InChI is InChI=1S/C16H15ClN2/c1-12(13-6-3-2-4-7-13)16(11-18)19-15-9-5-8-14(17)10-15/h2-10,12,16,19H,1H3. The molecule has 0 bridgehead atoms. The molecule has 2 atom stereocenters. The van der Waals surface area contributed by atoms with Gasteiger partial charge >= 0.3 is 0 Å². The van der Waals surface area contributed by atoms with E-state index in [1.54, 1.807) is 0 Å². The minimum absolute atomic E-state index is 0.102. The van der Waals surface area contributed by atoms with E-state index < -0.39 is 0 Å². The number of halogens is 1. The minimum Gasteiger partial charge on any atom is -0.369 e. The minimum atomic E-state index is -0.291. The Morgan fingerprint density at radius 1 is 1.11 bits per heavy atom. The van der Waals surface area contributed by atoms with Gasteiger partial charge in [-0.3, -0.25) is 0 Å². The van der Waals surface area contributed by atoms with Crippen LogP contribution in [0.15, 0.2) is 54.6 Å². The summed E-state index contributed by atoms with van der Waals surface area (Å²) >= 11 is 5.95. The molecule has 2 aromatic carbocycles. The number of hydrogen-bond donors (Lipinski definition) is 1. The van der Waals surface area contributed by atoms with Crippen LogP contribution in [0.4, 0.5) is 5.69 Å². The van der Waals surface area contributed by atoms with Gasteiger partial charge in [-0.15, -0.1) is 0 Å². The quantitative estimate of drug-likeness (QED) is 0.891. The molecule has 19 heavy (non-hydrogen) atoms. The normalized spacial score (nSPS) is 13.3. The maximum Gasteiger partial charge on any atom is 0.121 e. The molecule has 2 aromatic rings. The van der Waals surface area contributed by atoms with Crippen molar-refractivity contribution in [1.29, 1.82) is 5.26 Å². The summed E-state index contributed by atoms with van der Waals surface area (Å²) in [5.74, 6) is 0.102. The fourth-order valence-corrected chi connectivity index (χ4v) is 2.17. The summed E-state index contributed by atoms with van der Waals surface area (Å²) in [6.45, 7) is 2.04. The van der Waals surface area contributed by atoms with Crippen LogP contribution in [0.5, 0.6) is 0 Å². The van der Waals surface area contributed by atoms with Crippen molar-refractivity contribution in [3.63, 3.8) is 0 Å². The Kier molecular flexibility index (Phi) is 4.43. The van der Waals surface area contributed by atoms with Crippen molar-refractivity contribution in [2.24, 2.45) is 0 Å². The highest BCUT2D eigenvalue weighted by atomic mass is 35.5. The molecule has 1 N–H and O–H groups in total. The van der Waals surface area contributed by atoms with Gasteiger partial charge in [0.2, 0.25) is 0 Å². The predicted octanol–water partition coefficient (Wildman–Crippen LogP) is 4.45. The smallest absolute Gasteiger partial charge is 0.121 e. The molecule has 0 aliphatic carbocycles. The second-order valence-electron chi connectivity index (χ2n) is 4.46. The summed E-state index contributed by atoms with van der Waals surface area (Å²) in [6, 6.07) is 19.5. The van der Waals surface area contributed by atoms with Crippen LogP contribution in [0.25, 0.3) is 0 Å². The number of nitrogens with zero attached hydrogens (tertiary/aromatic N) is 1. The molecule has 2 rings (SSSR count). The van der Waals surface area contributed by atoms with Crippen molar-refractivity contribution in [3.8, 4) is 6.07 Å². The van der Waals surface area contributed by atoms with Crippen LogP contribution in [0.2, 0.25) is 5.02 Å². The zero-order valence-electron chi connectivity index (χ0n) is 10.7. The van der Waals surface area contributed by atoms with Crippen molar-refractivity contribution in [2.45, 2.75) is 18.9 Å². The summed E-state index contributed by atoms with van der Waals surface area (Å²) in [5, 5.41) is 13.2. The van der Waals surface area contributed by atoms with Gasteiger partial charge in [0.1, 0.15) is 6.04 Å². The second-order valence-corrected chi connectivity index (χ2v) is 4.90. The first-order valence-corrected chi connectivity index (χ1v) is 6.55. The lowest BCUT2D eigenvalue weighted by Gasteiger charge is -2.20. The number of nitriles is 1. The van der Waals surface area contributed by atoms with E-state index in [2.05, 4.69) is 11.4 Å². The zero-order chi connectivity index (χ0) is 13.7. The number of hydrogen-bond acceptors (Lipinski definition) is 2. The fourth-order valence-electron chi connectivity index (χ4n) is 1.98. The van der Waals surface area contributed by atoms with Gasteiger partial charge in [-0.1, -0.05) is 54.9 Å². The summed E-state index contributed by atoms with van der Waals surface area (Å²) in [5.41, 5.74) is 2.01. The second kappa shape index (κ2) is 6.26. The van der Waals surface area contributed by atoms with Crippen molar-refractivity contribution in [3.05, 3.63) is 65.2 Å². The van der Waals surface area contributed by atoms with Gasteiger partial charge in [0, 0.05) is 16.6 Å². The van der Waals surface area contributed by atoms with Gasteiger partial charge < -0.3 is 5.32 Å². The van der Waals surface area contributed by atoms with E-state index in [4.69, 9.17) is 11.6 Å². The Morgan fingerprint density at radius 2 is 1.84 bits per heavy atom. The monoisotopic (exact) mass is 270 g/mol. The van der Waals surface area contributed by atoms with Gasteiger partial charge in [-0.2, -0.15) is 5.26 Å². The summed E-state index contributed by atoms with van der Waals surface area (Å²) in [4.78, 5) is 0. The fraction of sp³-hybridized carbons (Fsp3) is 0.188. The van der Waals surface area contributed by atoms with Gasteiger partial charge in [-0.05, 0) is 23.8 Å². The van der Waals surface area contributed by atoms with E-state index in [9.17, 15) is 5.26 Å². The van der Waals surface area contributed by atoms with Crippen LogP contribution in [0.1, 0.15) is 18.4 Å². The van der Waals surface area contributed by atoms with Gasteiger partial charge in [0.15, 0.2) is 0 Å². The lowest BCUT2D eigenvalue weighted by atomic mass is 9.94. The summed E-state index contributed by atoms with van der Waals surface area (Å²) in [7, 11) is 0. The Balaban J connectivity index is 2.15. The average molecular weight is 271 g/mol. The van der Waals surface area contributed by atoms with E-state index in [1.165, 1.54) is 0 Å². The highest BCUT2D eigenvalue weighted by Gasteiger charge is 2.18. The van der Waals surface area contributed by atoms with Crippen LogP contribution >= 0.6 is 11.6 Å². The molecule has 0 radical (unpaired) electrons. The van der Waals surface area contributed by atoms with Crippen LogP contribution in [0, 0.1) is 11.3 Å². The van der Waals surface area contributed by atoms with E-state index in [0.717, 1.165) is 11.3 Å². The molecular formula is C16H15ClN2. The highest BCUT2D eigenvalue weighted by Crippen LogP contribution is 2.23. The van der Waals surface area contributed by atoms with Gasteiger partial charge in [0.25, 0.3) is 0 Å². The maximum absolute atomic E-state index is 9.34. The molecule has 2 nitrogen and oxygen atoms in total. The van der Waals surface area contributed by atoms with Crippen LogP contribution in [-0.4, -0.2) is 6.04 Å². The third-order valence-electron chi connectivity index (χ3n) is 3.11. The lowest BCUT2D eigenvalue weighted by molar-refractivity contribution is 0.710. The number of benzene rings is 2.